The molecular weight excluding hydrogens is 238 g/mol. The highest BCUT2D eigenvalue weighted by atomic mass is 35.5. The third-order valence-electron chi connectivity index (χ3n) is 2.57. The largest absolute Gasteiger partial charge is 0.508 e. The molecule has 0 spiro atoms. The van der Waals surface area contributed by atoms with Gasteiger partial charge >= 0.3 is 0 Å². The van der Waals surface area contributed by atoms with Gasteiger partial charge in [0, 0.05) is 13.6 Å². The first-order valence-corrected chi connectivity index (χ1v) is 6.03. The number of phenols is 1. The van der Waals surface area contributed by atoms with E-state index < -0.39 is 0 Å². The van der Waals surface area contributed by atoms with Crippen molar-refractivity contribution in [2.24, 2.45) is 5.92 Å². The Morgan fingerprint density at radius 3 is 2.71 bits per heavy atom. The molecule has 1 N–H and O–H groups in total. The van der Waals surface area contributed by atoms with Crippen LogP contribution in [0, 0.1) is 5.92 Å². The first kappa shape index (κ1) is 13.8. The molecule has 17 heavy (non-hydrogen) atoms. The molecule has 1 aromatic rings. The second-order valence-electron chi connectivity index (χ2n) is 4.57. The van der Waals surface area contributed by atoms with Gasteiger partial charge in [-0.2, -0.15) is 0 Å². The molecule has 0 fully saturated rings. The highest BCUT2D eigenvalue weighted by Gasteiger charge is 2.15. The Labute approximate surface area is 107 Å². The van der Waals surface area contributed by atoms with Crippen LogP contribution < -0.4 is 0 Å². The summed E-state index contributed by atoms with van der Waals surface area (Å²) in [6.07, 6.45) is 0.943. The van der Waals surface area contributed by atoms with Crippen molar-refractivity contribution >= 4 is 17.5 Å². The SMILES string of the molecule is CC(C)CCN(C)C(=O)c1cc(O)ccc1Cl. The number of aromatic hydroxyl groups is 1. The molecule has 0 aromatic heterocycles. The lowest BCUT2D eigenvalue weighted by atomic mass is 10.1. The van der Waals surface area contributed by atoms with Crippen molar-refractivity contribution in [2.75, 3.05) is 13.6 Å². The van der Waals surface area contributed by atoms with Crippen molar-refractivity contribution in [3.63, 3.8) is 0 Å². The number of halogens is 1. The van der Waals surface area contributed by atoms with E-state index in [-0.39, 0.29) is 11.7 Å². The summed E-state index contributed by atoms with van der Waals surface area (Å²) in [5.74, 6) is 0.437. The van der Waals surface area contributed by atoms with Crippen molar-refractivity contribution in [3.8, 4) is 5.75 Å². The molecule has 0 aliphatic heterocycles. The number of rotatable bonds is 4. The van der Waals surface area contributed by atoms with Crippen molar-refractivity contribution in [1.82, 2.24) is 4.90 Å². The third-order valence-corrected chi connectivity index (χ3v) is 2.90. The molecule has 0 unspecified atom stereocenters. The van der Waals surface area contributed by atoms with E-state index in [1.807, 2.05) is 0 Å². The Bertz CT molecular complexity index is 404. The van der Waals surface area contributed by atoms with Gasteiger partial charge in [-0.25, -0.2) is 0 Å². The van der Waals surface area contributed by atoms with Gasteiger partial charge in [0.25, 0.3) is 5.91 Å². The zero-order valence-electron chi connectivity index (χ0n) is 10.4. The maximum Gasteiger partial charge on any atom is 0.255 e. The van der Waals surface area contributed by atoms with Gasteiger partial charge < -0.3 is 10.0 Å². The molecule has 1 rings (SSSR count). The Morgan fingerprint density at radius 2 is 2.12 bits per heavy atom. The van der Waals surface area contributed by atoms with E-state index in [0.29, 0.717) is 23.0 Å². The lowest BCUT2D eigenvalue weighted by Crippen LogP contribution is -2.28. The maximum absolute atomic E-state index is 12.1. The third kappa shape index (κ3) is 3.93. The van der Waals surface area contributed by atoms with Crippen molar-refractivity contribution < 1.29 is 9.90 Å². The van der Waals surface area contributed by atoms with Gasteiger partial charge in [-0.3, -0.25) is 4.79 Å². The molecule has 0 heterocycles. The predicted octanol–water partition coefficient (Wildman–Crippen LogP) is 3.16. The number of hydrogen-bond donors (Lipinski definition) is 1. The molecule has 4 heteroatoms. The Morgan fingerprint density at radius 1 is 1.47 bits per heavy atom. The van der Waals surface area contributed by atoms with Crippen molar-refractivity contribution in [1.29, 1.82) is 0 Å². The minimum absolute atomic E-state index is 0.0509. The number of amides is 1. The summed E-state index contributed by atoms with van der Waals surface area (Å²) < 4.78 is 0. The quantitative estimate of drug-likeness (QED) is 0.898. The van der Waals surface area contributed by atoms with Gasteiger partial charge in [0.1, 0.15) is 5.75 Å². The minimum Gasteiger partial charge on any atom is -0.508 e. The molecule has 0 saturated heterocycles. The first-order valence-electron chi connectivity index (χ1n) is 5.65. The lowest BCUT2D eigenvalue weighted by molar-refractivity contribution is 0.0789. The van der Waals surface area contributed by atoms with Gasteiger partial charge in [0.15, 0.2) is 0 Å². The van der Waals surface area contributed by atoms with Crippen LogP contribution in [0.3, 0.4) is 0 Å². The van der Waals surface area contributed by atoms with E-state index >= 15 is 0 Å². The molecule has 0 atom stereocenters. The number of benzene rings is 1. The average molecular weight is 256 g/mol. The predicted molar refractivity (Wildman–Crippen MR) is 69.5 cm³/mol. The Hall–Kier alpha value is -1.22. The normalized spacial score (nSPS) is 10.6. The van der Waals surface area contributed by atoms with Crippen molar-refractivity contribution in [2.45, 2.75) is 20.3 Å². The van der Waals surface area contributed by atoms with Crippen LogP contribution in [0.15, 0.2) is 18.2 Å². The molecule has 3 nitrogen and oxygen atoms in total. The van der Waals surface area contributed by atoms with E-state index in [0.717, 1.165) is 6.42 Å². The minimum atomic E-state index is -0.161. The molecule has 1 amide bonds. The summed E-state index contributed by atoms with van der Waals surface area (Å²) in [6, 6.07) is 4.39. The Balaban J connectivity index is 2.78. The standard InChI is InChI=1S/C13H18ClNO2/c1-9(2)6-7-15(3)13(17)11-8-10(16)4-5-12(11)14/h4-5,8-9,16H,6-7H2,1-3H3. The summed E-state index contributed by atoms with van der Waals surface area (Å²) in [5, 5.41) is 9.72. The number of carbonyl (C=O) groups excluding carboxylic acids is 1. The summed E-state index contributed by atoms with van der Waals surface area (Å²) >= 11 is 5.94. The van der Waals surface area contributed by atoms with Crippen LogP contribution in [0.5, 0.6) is 5.75 Å². The summed E-state index contributed by atoms with van der Waals surface area (Å²) in [4.78, 5) is 13.7. The van der Waals surface area contributed by atoms with E-state index in [2.05, 4.69) is 13.8 Å². The van der Waals surface area contributed by atoms with Gasteiger partial charge in [-0.1, -0.05) is 25.4 Å². The van der Waals surface area contributed by atoms with Crippen LogP contribution in [-0.2, 0) is 0 Å². The van der Waals surface area contributed by atoms with E-state index in [4.69, 9.17) is 11.6 Å². The average Bonchev–Trinajstić information content (AvgIpc) is 2.28. The second kappa shape index (κ2) is 5.92. The van der Waals surface area contributed by atoms with Crippen molar-refractivity contribution in [3.05, 3.63) is 28.8 Å². The molecule has 0 aliphatic rings. The monoisotopic (exact) mass is 255 g/mol. The fourth-order valence-corrected chi connectivity index (χ4v) is 1.63. The lowest BCUT2D eigenvalue weighted by Gasteiger charge is -2.19. The highest BCUT2D eigenvalue weighted by molar-refractivity contribution is 6.33. The van der Waals surface area contributed by atoms with Gasteiger partial charge in [0.2, 0.25) is 0 Å². The first-order chi connectivity index (χ1) is 7.91. The van der Waals surface area contributed by atoms with Crippen LogP contribution in [-0.4, -0.2) is 29.5 Å². The topological polar surface area (TPSA) is 40.5 Å². The zero-order chi connectivity index (χ0) is 13.0. The molecule has 0 saturated carbocycles. The Kier molecular flexibility index (Phi) is 4.82. The van der Waals surface area contributed by atoms with Crippen LogP contribution in [0.4, 0.5) is 0 Å². The number of nitrogens with zero attached hydrogens (tertiary/aromatic N) is 1. The summed E-state index contributed by atoms with van der Waals surface area (Å²) in [7, 11) is 1.74. The number of carbonyl (C=O) groups is 1. The summed E-state index contributed by atoms with van der Waals surface area (Å²) in [6.45, 7) is 4.90. The van der Waals surface area contributed by atoms with Crippen LogP contribution in [0.1, 0.15) is 30.6 Å². The summed E-state index contributed by atoms with van der Waals surface area (Å²) in [5.41, 5.74) is 0.345. The van der Waals surface area contributed by atoms with E-state index in [1.54, 1.807) is 11.9 Å². The zero-order valence-corrected chi connectivity index (χ0v) is 11.2. The van der Waals surface area contributed by atoms with Crippen LogP contribution in [0.2, 0.25) is 5.02 Å². The molecular formula is C13H18ClNO2. The molecule has 0 radical (unpaired) electrons. The van der Waals surface area contributed by atoms with Gasteiger partial charge in [-0.15, -0.1) is 0 Å². The van der Waals surface area contributed by atoms with Gasteiger partial charge in [0.05, 0.1) is 10.6 Å². The molecule has 0 aliphatic carbocycles. The van der Waals surface area contributed by atoms with Crippen LogP contribution >= 0.6 is 11.6 Å². The van der Waals surface area contributed by atoms with E-state index in [9.17, 15) is 9.90 Å². The molecule has 0 bridgehead atoms. The van der Waals surface area contributed by atoms with Gasteiger partial charge in [-0.05, 0) is 30.5 Å². The van der Waals surface area contributed by atoms with E-state index in [1.165, 1.54) is 18.2 Å². The van der Waals surface area contributed by atoms with Crippen LogP contribution in [0.25, 0.3) is 0 Å². The second-order valence-corrected chi connectivity index (χ2v) is 4.98. The molecule has 94 valence electrons. The fraction of sp³-hybridized carbons (Fsp3) is 0.462. The maximum atomic E-state index is 12.1. The number of hydrogen-bond acceptors (Lipinski definition) is 2. The smallest absolute Gasteiger partial charge is 0.255 e. The molecule has 1 aromatic carbocycles. The number of phenolic OH excluding ortho intramolecular Hbond substituents is 1. The fourth-order valence-electron chi connectivity index (χ4n) is 1.44. The highest BCUT2D eigenvalue weighted by Crippen LogP contribution is 2.22.